The van der Waals surface area contributed by atoms with Crippen molar-refractivity contribution in [3.8, 4) is 0 Å². The minimum absolute atomic E-state index is 0.0118. The van der Waals surface area contributed by atoms with Crippen LogP contribution in [0.25, 0.3) is 0 Å². The van der Waals surface area contributed by atoms with Gasteiger partial charge >= 0.3 is 0 Å². The number of carbonyl (C=O) groups is 2. The second kappa shape index (κ2) is 9.18. The van der Waals surface area contributed by atoms with Crippen molar-refractivity contribution in [3.63, 3.8) is 0 Å². The Morgan fingerprint density at radius 2 is 2.00 bits per heavy atom. The summed E-state index contributed by atoms with van der Waals surface area (Å²) in [6.07, 6.45) is 1.21. The summed E-state index contributed by atoms with van der Waals surface area (Å²) in [5, 5.41) is 14.3. The quantitative estimate of drug-likeness (QED) is 0.253. The van der Waals surface area contributed by atoms with Gasteiger partial charge in [0.2, 0.25) is 11.8 Å². The number of nitrogens with zero attached hydrogens (tertiary/aromatic N) is 2. The number of nitrogens with one attached hydrogen (secondary N) is 1. The number of amidine groups is 1. The fourth-order valence-electron chi connectivity index (χ4n) is 1.75. The van der Waals surface area contributed by atoms with Crippen molar-refractivity contribution in [2.24, 2.45) is 16.8 Å². The van der Waals surface area contributed by atoms with Gasteiger partial charge in [0, 0.05) is 13.1 Å². The number of carbonyl (C=O) groups excluding carboxylic acids is 2. The van der Waals surface area contributed by atoms with Gasteiger partial charge in [-0.05, 0) is 20.3 Å². The number of nitrogens with two attached hydrogens (primary N) is 1. The minimum Gasteiger partial charge on any atom is -0.409 e. The molecule has 1 atom stereocenters. The summed E-state index contributed by atoms with van der Waals surface area (Å²) in [4.78, 5) is 25.2. The zero-order chi connectivity index (χ0) is 14.8. The van der Waals surface area contributed by atoms with Crippen molar-refractivity contribution in [1.29, 1.82) is 0 Å². The maximum absolute atomic E-state index is 12.3. The average molecular weight is 272 g/mol. The highest BCUT2D eigenvalue weighted by atomic mass is 16.4. The number of oxime groups is 1. The molecule has 0 spiro atoms. The molecule has 0 bridgehead atoms. The van der Waals surface area contributed by atoms with Crippen LogP contribution in [-0.4, -0.2) is 47.4 Å². The molecule has 0 saturated heterocycles. The SMILES string of the molecule is CCCC(C(=O)N(CC)CC(=O)NCC)C(N)=NO. The molecule has 4 N–H and O–H groups in total. The van der Waals surface area contributed by atoms with E-state index in [4.69, 9.17) is 10.9 Å². The first kappa shape index (κ1) is 17.2. The van der Waals surface area contributed by atoms with Gasteiger partial charge in [0.25, 0.3) is 0 Å². The Kier molecular flexibility index (Phi) is 8.32. The summed E-state index contributed by atoms with van der Waals surface area (Å²) >= 11 is 0. The van der Waals surface area contributed by atoms with Crippen molar-refractivity contribution < 1.29 is 14.8 Å². The third-order valence-corrected chi connectivity index (χ3v) is 2.75. The zero-order valence-corrected chi connectivity index (χ0v) is 11.8. The standard InChI is InChI=1S/C12H24N4O3/c1-4-7-9(11(13)15-19)12(18)16(6-3)8-10(17)14-5-2/h9,19H,4-8H2,1-3H3,(H2,13,15)(H,14,17). The first-order valence-corrected chi connectivity index (χ1v) is 6.54. The maximum Gasteiger partial charge on any atom is 0.239 e. The van der Waals surface area contributed by atoms with E-state index in [1.807, 2.05) is 13.8 Å². The van der Waals surface area contributed by atoms with Crippen molar-refractivity contribution in [2.75, 3.05) is 19.6 Å². The predicted octanol–water partition coefficient (Wildman–Crippen LogP) is 0.134. The van der Waals surface area contributed by atoms with Crippen LogP contribution in [0.3, 0.4) is 0 Å². The highest BCUT2D eigenvalue weighted by molar-refractivity contribution is 6.02. The van der Waals surface area contributed by atoms with E-state index in [1.165, 1.54) is 4.90 Å². The fourth-order valence-corrected chi connectivity index (χ4v) is 1.75. The van der Waals surface area contributed by atoms with Gasteiger partial charge in [-0.3, -0.25) is 9.59 Å². The Bertz CT molecular complexity index is 331. The van der Waals surface area contributed by atoms with Crippen LogP contribution in [0.1, 0.15) is 33.6 Å². The van der Waals surface area contributed by atoms with Crippen LogP contribution in [-0.2, 0) is 9.59 Å². The van der Waals surface area contributed by atoms with Gasteiger partial charge in [-0.25, -0.2) is 0 Å². The Balaban J connectivity index is 4.82. The Labute approximate surface area is 113 Å². The molecular weight excluding hydrogens is 248 g/mol. The molecule has 0 rings (SSSR count). The molecule has 0 saturated carbocycles. The first-order chi connectivity index (χ1) is 9.01. The van der Waals surface area contributed by atoms with E-state index in [0.717, 1.165) is 6.42 Å². The van der Waals surface area contributed by atoms with Crippen molar-refractivity contribution >= 4 is 17.6 Å². The summed E-state index contributed by atoms with van der Waals surface area (Å²) in [5.74, 6) is -1.29. The van der Waals surface area contributed by atoms with E-state index in [9.17, 15) is 9.59 Å². The molecule has 2 amide bonds. The van der Waals surface area contributed by atoms with E-state index >= 15 is 0 Å². The molecule has 0 aromatic rings. The highest BCUT2D eigenvalue weighted by Crippen LogP contribution is 2.11. The lowest BCUT2D eigenvalue weighted by Gasteiger charge is -2.25. The van der Waals surface area contributed by atoms with Crippen molar-refractivity contribution in [1.82, 2.24) is 10.2 Å². The highest BCUT2D eigenvalue weighted by Gasteiger charge is 2.27. The molecule has 0 aliphatic heterocycles. The maximum atomic E-state index is 12.3. The molecule has 1 unspecified atom stereocenters. The largest absolute Gasteiger partial charge is 0.409 e. The number of amides is 2. The van der Waals surface area contributed by atoms with Gasteiger partial charge < -0.3 is 21.2 Å². The molecular formula is C12H24N4O3. The van der Waals surface area contributed by atoms with E-state index in [2.05, 4.69) is 10.5 Å². The van der Waals surface area contributed by atoms with E-state index in [0.29, 0.717) is 19.5 Å². The number of likely N-dealkylation sites (N-methyl/N-ethyl adjacent to an activating group) is 2. The molecule has 0 heterocycles. The van der Waals surface area contributed by atoms with Crippen LogP contribution in [0.5, 0.6) is 0 Å². The molecule has 0 aliphatic rings. The van der Waals surface area contributed by atoms with Gasteiger partial charge in [0.1, 0.15) is 0 Å². The fraction of sp³-hybridized carbons (Fsp3) is 0.750. The molecule has 0 aromatic carbocycles. The number of hydrogen-bond acceptors (Lipinski definition) is 4. The Hall–Kier alpha value is -1.79. The molecule has 0 aromatic heterocycles. The monoisotopic (exact) mass is 272 g/mol. The summed E-state index contributed by atoms with van der Waals surface area (Å²) in [6, 6.07) is 0. The van der Waals surface area contributed by atoms with Gasteiger partial charge in [-0.1, -0.05) is 18.5 Å². The van der Waals surface area contributed by atoms with Gasteiger partial charge in [-0.15, -0.1) is 0 Å². The zero-order valence-electron chi connectivity index (χ0n) is 11.8. The van der Waals surface area contributed by atoms with Crippen LogP contribution in [0.15, 0.2) is 5.16 Å². The molecule has 19 heavy (non-hydrogen) atoms. The molecule has 7 heteroatoms. The van der Waals surface area contributed by atoms with Crippen molar-refractivity contribution in [3.05, 3.63) is 0 Å². The average Bonchev–Trinajstić information content (AvgIpc) is 2.40. The lowest BCUT2D eigenvalue weighted by atomic mass is 10.0. The Morgan fingerprint density at radius 3 is 2.42 bits per heavy atom. The van der Waals surface area contributed by atoms with Gasteiger partial charge in [0.15, 0.2) is 5.84 Å². The summed E-state index contributed by atoms with van der Waals surface area (Å²) in [7, 11) is 0. The van der Waals surface area contributed by atoms with Gasteiger partial charge in [0.05, 0.1) is 12.5 Å². The molecule has 0 aliphatic carbocycles. The molecule has 0 fully saturated rings. The molecule has 110 valence electrons. The third-order valence-electron chi connectivity index (χ3n) is 2.75. The van der Waals surface area contributed by atoms with E-state index in [1.54, 1.807) is 6.92 Å². The van der Waals surface area contributed by atoms with Crippen LogP contribution in [0.2, 0.25) is 0 Å². The smallest absolute Gasteiger partial charge is 0.239 e. The molecule has 0 radical (unpaired) electrons. The predicted molar refractivity (Wildman–Crippen MR) is 72.7 cm³/mol. The summed E-state index contributed by atoms with van der Waals surface area (Å²) in [6.45, 7) is 6.41. The van der Waals surface area contributed by atoms with Crippen LogP contribution >= 0.6 is 0 Å². The van der Waals surface area contributed by atoms with Crippen LogP contribution in [0.4, 0.5) is 0 Å². The molecule has 7 nitrogen and oxygen atoms in total. The normalized spacial score (nSPS) is 12.9. The second-order valence-electron chi connectivity index (χ2n) is 4.17. The lowest BCUT2D eigenvalue weighted by Crippen LogP contribution is -2.46. The summed E-state index contributed by atoms with van der Waals surface area (Å²) < 4.78 is 0. The second-order valence-corrected chi connectivity index (χ2v) is 4.17. The van der Waals surface area contributed by atoms with Crippen molar-refractivity contribution in [2.45, 2.75) is 33.6 Å². The third kappa shape index (κ3) is 5.58. The van der Waals surface area contributed by atoms with E-state index < -0.39 is 5.92 Å². The first-order valence-electron chi connectivity index (χ1n) is 6.54. The Morgan fingerprint density at radius 1 is 1.37 bits per heavy atom. The van der Waals surface area contributed by atoms with Gasteiger partial charge in [-0.2, -0.15) is 0 Å². The number of hydrogen-bond donors (Lipinski definition) is 3. The van der Waals surface area contributed by atoms with E-state index in [-0.39, 0.29) is 24.2 Å². The minimum atomic E-state index is -0.677. The summed E-state index contributed by atoms with van der Waals surface area (Å²) in [5.41, 5.74) is 5.54. The number of rotatable bonds is 8. The lowest BCUT2D eigenvalue weighted by molar-refractivity contribution is -0.137. The topological polar surface area (TPSA) is 108 Å². The van der Waals surface area contributed by atoms with Crippen LogP contribution in [0, 0.1) is 5.92 Å². The van der Waals surface area contributed by atoms with Crippen LogP contribution < -0.4 is 11.1 Å².